The first kappa shape index (κ1) is 19.4. The lowest BCUT2D eigenvalue weighted by atomic mass is 10.2. The molecule has 0 spiro atoms. The van der Waals surface area contributed by atoms with Crippen LogP contribution in [0.2, 0.25) is 0 Å². The zero-order valence-electron chi connectivity index (χ0n) is 16.7. The van der Waals surface area contributed by atoms with Crippen molar-refractivity contribution in [3.8, 4) is 5.75 Å². The summed E-state index contributed by atoms with van der Waals surface area (Å²) in [6.07, 6.45) is 1.72. The summed E-state index contributed by atoms with van der Waals surface area (Å²) < 4.78 is 12.8. The number of morpholine rings is 1. The number of para-hydroxylation sites is 1. The minimum atomic E-state index is -0.287. The molecule has 1 aromatic carbocycles. The van der Waals surface area contributed by atoms with E-state index < -0.39 is 0 Å². The van der Waals surface area contributed by atoms with Crippen LogP contribution in [0.1, 0.15) is 16.1 Å². The third-order valence-electron chi connectivity index (χ3n) is 5.05. The van der Waals surface area contributed by atoms with Crippen LogP contribution in [0, 0.1) is 6.92 Å². The van der Waals surface area contributed by atoms with E-state index in [2.05, 4.69) is 20.3 Å². The number of rotatable bonds is 6. The Labute approximate surface area is 169 Å². The van der Waals surface area contributed by atoms with E-state index in [0.717, 1.165) is 49.3 Å². The van der Waals surface area contributed by atoms with Crippen LogP contribution in [0.3, 0.4) is 0 Å². The summed E-state index contributed by atoms with van der Waals surface area (Å²) in [6.45, 7) is 6.76. The molecule has 1 saturated heterocycles. The SMILES string of the molecule is COc1cccc2c(C(=O)Nc3ccc(C)cn3)nn(CCN3CCOCC3)c12. The summed E-state index contributed by atoms with van der Waals surface area (Å²) in [5, 5.41) is 8.24. The largest absolute Gasteiger partial charge is 0.494 e. The lowest BCUT2D eigenvalue weighted by Gasteiger charge is -2.26. The topological polar surface area (TPSA) is 81.5 Å². The number of aromatic nitrogens is 3. The van der Waals surface area contributed by atoms with Crippen molar-refractivity contribution in [3.63, 3.8) is 0 Å². The van der Waals surface area contributed by atoms with Gasteiger partial charge in [-0.1, -0.05) is 18.2 Å². The van der Waals surface area contributed by atoms with Gasteiger partial charge in [0, 0.05) is 31.2 Å². The Bertz CT molecular complexity index is 993. The van der Waals surface area contributed by atoms with E-state index in [1.165, 1.54) is 0 Å². The van der Waals surface area contributed by atoms with Crippen molar-refractivity contribution in [2.45, 2.75) is 13.5 Å². The van der Waals surface area contributed by atoms with Gasteiger partial charge in [-0.2, -0.15) is 5.10 Å². The van der Waals surface area contributed by atoms with Crippen molar-refractivity contribution in [1.29, 1.82) is 0 Å². The Morgan fingerprint density at radius 3 is 2.76 bits per heavy atom. The van der Waals surface area contributed by atoms with Crippen LogP contribution in [0.4, 0.5) is 5.82 Å². The Morgan fingerprint density at radius 2 is 2.03 bits per heavy atom. The Morgan fingerprint density at radius 1 is 1.21 bits per heavy atom. The van der Waals surface area contributed by atoms with Gasteiger partial charge in [-0.05, 0) is 24.6 Å². The highest BCUT2D eigenvalue weighted by Gasteiger charge is 2.21. The lowest BCUT2D eigenvalue weighted by molar-refractivity contribution is 0.0361. The molecule has 0 saturated carbocycles. The van der Waals surface area contributed by atoms with Crippen LogP contribution in [0.5, 0.6) is 5.75 Å². The molecule has 0 unspecified atom stereocenters. The monoisotopic (exact) mass is 395 g/mol. The predicted octanol–water partition coefficient (Wildman–Crippen LogP) is 2.33. The fourth-order valence-electron chi connectivity index (χ4n) is 3.48. The van der Waals surface area contributed by atoms with Crippen molar-refractivity contribution < 1.29 is 14.3 Å². The van der Waals surface area contributed by atoms with E-state index in [0.29, 0.717) is 23.8 Å². The highest BCUT2D eigenvalue weighted by atomic mass is 16.5. The lowest BCUT2D eigenvalue weighted by Crippen LogP contribution is -2.38. The molecule has 1 N–H and O–H groups in total. The Kier molecular flexibility index (Phi) is 5.73. The summed E-state index contributed by atoms with van der Waals surface area (Å²) in [5.41, 5.74) is 2.22. The minimum absolute atomic E-state index is 0.287. The highest BCUT2D eigenvalue weighted by Crippen LogP contribution is 2.28. The maximum Gasteiger partial charge on any atom is 0.277 e. The van der Waals surface area contributed by atoms with Gasteiger partial charge in [0.25, 0.3) is 5.91 Å². The summed E-state index contributed by atoms with van der Waals surface area (Å²) in [5.74, 6) is 0.911. The van der Waals surface area contributed by atoms with Crippen molar-refractivity contribution in [2.75, 3.05) is 45.3 Å². The third-order valence-corrected chi connectivity index (χ3v) is 5.05. The van der Waals surface area contributed by atoms with Gasteiger partial charge in [-0.25, -0.2) is 4.98 Å². The van der Waals surface area contributed by atoms with Gasteiger partial charge in [-0.15, -0.1) is 0 Å². The van der Waals surface area contributed by atoms with Gasteiger partial charge < -0.3 is 14.8 Å². The van der Waals surface area contributed by atoms with E-state index >= 15 is 0 Å². The van der Waals surface area contributed by atoms with Gasteiger partial charge in [0.2, 0.25) is 0 Å². The zero-order valence-corrected chi connectivity index (χ0v) is 16.7. The molecule has 3 heterocycles. The number of carbonyl (C=O) groups excluding carboxylic acids is 1. The van der Waals surface area contributed by atoms with E-state index in [1.54, 1.807) is 19.4 Å². The third kappa shape index (κ3) is 4.23. The first-order valence-electron chi connectivity index (χ1n) is 9.73. The van der Waals surface area contributed by atoms with Crippen LogP contribution in [0.15, 0.2) is 36.5 Å². The first-order chi connectivity index (χ1) is 14.2. The first-order valence-corrected chi connectivity index (χ1v) is 9.73. The molecule has 1 aliphatic heterocycles. The van der Waals surface area contributed by atoms with Crippen molar-refractivity contribution >= 4 is 22.6 Å². The van der Waals surface area contributed by atoms with Crippen molar-refractivity contribution in [2.24, 2.45) is 0 Å². The fraction of sp³-hybridized carbons (Fsp3) is 0.381. The predicted molar refractivity (Wildman–Crippen MR) is 110 cm³/mol. The molecule has 1 fully saturated rings. The van der Waals surface area contributed by atoms with Gasteiger partial charge in [0.15, 0.2) is 5.69 Å². The van der Waals surface area contributed by atoms with Crippen LogP contribution in [-0.2, 0) is 11.3 Å². The van der Waals surface area contributed by atoms with Crippen molar-refractivity contribution in [1.82, 2.24) is 19.7 Å². The van der Waals surface area contributed by atoms with Gasteiger partial charge >= 0.3 is 0 Å². The number of amides is 1. The molecule has 29 heavy (non-hydrogen) atoms. The van der Waals surface area contributed by atoms with E-state index in [4.69, 9.17) is 9.47 Å². The Hall–Kier alpha value is -2.97. The zero-order chi connectivity index (χ0) is 20.2. The van der Waals surface area contributed by atoms with E-state index in [-0.39, 0.29) is 5.91 Å². The number of ether oxygens (including phenoxy) is 2. The minimum Gasteiger partial charge on any atom is -0.494 e. The number of hydrogen-bond acceptors (Lipinski definition) is 6. The van der Waals surface area contributed by atoms with E-state index in [9.17, 15) is 4.79 Å². The smallest absolute Gasteiger partial charge is 0.277 e. The number of aryl methyl sites for hydroxylation is 1. The van der Waals surface area contributed by atoms with E-state index in [1.807, 2.05) is 35.9 Å². The number of fused-ring (bicyclic) bond motifs is 1. The molecule has 0 bridgehead atoms. The second-order valence-electron chi connectivity index (χ2n) is 7.06. The molecule has 152 valence electrons. The number of hydrogen-bond donors (Lipinski definition) is 1. The normalized spacial score (nSPS) is 14.8. The molecule has 1 amide bonds. The number of anilines is 1. The molecule has 3 aromatic rings. The van der Waals surface area contributed by atoms with Crippen LogP contribution >= 0.6 is 0 Å². The van der Waals surface area contributed by atoms with Crippen LogP contribution in [-0.4, -0.2) is 65.5 Å². The molecule has 8 nitrogen and oxygen atoms in total. The number of nitrogens with zero attached hydrogens (tertiary/aromatic N) is 4. The summed E-state index contributed by atoms with van der Waals surface area (Å²) in [4.78, 5) is 19.5. The molecule has 0 radical (unpaired) electrons. The molecule has 2 aromatic heterocycles. The maximum absolute atomic E-state index is 12.9. The average molecular weight is 395 g/mol. The molecule has 8 heteroatoms. The van der Waals surface area contributed by atoms with Gasteiger partial charge in [0.1, 0.15) is 17.1 Å². The van der Waals surface area contributed by atoms with Crippen LogP contribution in [0.25, 0.3) is 10.9 Å². The number of carbonyl (C=O) groups is 1. The molecule has 1 aliphatic rings. The molecular formula is C21H25N5O3. The quantitative estimate of drug-likeness (QED) is 0.690. The molecule has 4 rings (SSSR count). The highest BCUT2D eigenvalue weighted by molar-refractivity contribution is 6.11. The summed E-state index contributed by atoms with van der Waals surface area (Å²) in [7, 11) is 1.63. The van der Waals surface area contributed by atoms with Crippen molar-refractivity contribution in [3.05, 3.63) is 47.8 Å². The second-order valence-corrected chi connectivity index (χ2v) is 7.06. The molecule has 0 aliphatic carbocycles. The van der Waals surface area contributed by atoms with Gasteiger partial charge in [0.05, 0.1) is 26.9 Å². The summed E-state index contributed by atoms with van der Waals surface area (Å²) in [6, 6.07) is 9.35. The standard InChI is InChI=1S/C21H25N5O3/c1-15-6-7-18(22-14-15)23-21(27)19-16-4-3-5-17(28-2)20(16)26(24-19)9-8-25-10-12-29-13-11-25/h3-7,14H,8-13H2,1-2H3,(H,22,23,27). The molecule has 0 atom stereocenters. The maximum atomic E-state index is 12.9. The number of methoxy groups -OCH3 is 1. The van der Waals surface area contributed by atoms with Gasteiger partial charge in [-0.3, -0.25) is 14.4 Å². The van der Waals surface area contributed by atoms with Crippen LogP contribution < -0.4 is 10.1 Å². The second kappa shape index (κ2) is 8.59. The number of benzene rings is 1. The Balaban J connectivity index is 1.62. The number of nitrogens with one attached hydrogen (secondary N) is 1. The summed E-state index contributed by atoms with van der Waals surface area (Å²) >= 11 is 0. The fourth-order valence-corrected chi connectivity index (χ4v) is 3.48. The number of pyridine rings is 1. The molecular weight excluding hydrogens is 370 g/mol. The average Bonchev–Trinajstić information content (AvgIpc) is 3.14.